The van der Waals surface area contributed by atoms with Gasteiger partial charge in [0.05, 0.1) is 11.4 Å². The van der Waals surface area contributed by atoms with Gasteiger partial charge in [-0.25, -0.2) is 9.38 Å². The van der Waals surface area contributed by atoms with Crippen molar-refractivity contribution >= 4 is 28.9 Å². The Morgan fingerprint density at radius 1 is 1.24 bits per heavy atom. The minimum absolute atomic E-state index is 0.304. The average Bonchev–Trinajstić information content (AvgIpc) is 2.57. The van der Waals surface area contributed by atoms with E-state index in [2.05, 4.69) is 10.3 Å². The smallest absolute Gasteiger partial charge is 0.276 e. The molecule has 4 nitrogen and oxygen atoms in total. The Morgan fingerprint density at radius 2 is 2.05 bits per heavy atom. The highest BCUT2D eigenvalue weighted by Gasteiger charge is 2.24. The topological polar surface area (TPSA) is 61.7 Å². The lowest BCUT2D eigenvalue weighted by Gasteiger charge is -2.10. The van der Waals surface area contributed by atoms with Gasteiger partial charge in [-0.05, 0) is 30.3 Å². The average molecular weight is 305 g/mol. The van der Waals surface area contributed by atoms with E-state index in [1.807, 2.05) is 0 Å². The van der Waals surface area contributed by atoms with E-state index < -0.39 is 18.0 Å². The Morgan fingerprint density at radius 3 is 2.81 bits per heavy atom. The number of halogens is 2. The Hall–Kier alpha value is -2.24. The molecule has 6 heteroatoms. The minimum atomic E-state index is -1.56. The van der Waals surface area contributed by atoms with Gasteiger partial charge >= 0.3 is 0 Å². The number of hydrogen-bond acceptors (Lipinski definition) is 3. The molecule has 0 spiro atoms. The third-order valence-electron chi connectivity index (χ3n) is 3.08. The molecular weight excluding hydrogens is 295 g/mol. The van der Waals surface area contributed by atoms with Crippen molar-refractivity contribution in [3.63, 3.8) is 0 Å². The number of aliphatic hydroxyl groups excluding tert-OH is 1. The summed E-state index contributed by atoms with van der Waals surface area (Å²) in [6.07, 6.45) is -1.56. The van der Waals surface area contributed by atoms with Crippen LogP contribution >= 0.6 is 11.6 Å². The molecule has 1 aliphatic heterocycles. The van der Waals surface area contributed by atoms with E-state index in [9.17, 15) is 14.3 Å². The molecule has 106 valence electrons. The fraction of sp³-hybridized carbons (Fsp3) is 0.0667. The normalized spacial score (nSPS) is 17.6. The molecule has 1 atom stereocenters. The third-order valence-corrected chi connectivity index (χ3v) is 3.31. The predicted molar refractivity (Wildman–Crippen MR) is 78.1 cm³/mol. The molecular formula is C15H10ClFN2O2. The lowest BCUT2D eigenvalue weighted by molar-refractivity contribution is -0.123. The van der Waals surface area contributed by atoms with Crippen LogP contribution in [0.3, 0.4) is 0 Å². The Bertz CT molecular complexity index is 761. The summed E-state index contributed by atoms with van der Waals surface area (Å²) in [4.78, 5) is 15.7. The molecule has 2 aromatic carbocycles. The second-order valence-electron chi connectivity index (χ2n) is 4.54. The maximum absolute atomic E-state index is 13.4. The van der Waals surface area contributed by atoms with Crippen LogP contribution in [0.4, 0.5) is 10.1 Å². The molecule has 3 rings (SSSR count). The van der Waals surface area contributed by atoms with E-state index in [0.717, 1.165) is 0 Å². The molecule has 1 unspecified atom stereocenters. The Labute approximate surface area is 124 Å². The number of rotatable bonds is 1. The van der Waals surface area contributed by atoms with E-state index in [1.165, 1.54) is 18.2 Å². The second kappa shape index (κ2) is 5.27. The van der Waals surface area contributed by atoms with Gasteiger partial charge in [-0.15, -0.1) is 0 Å². The van der Waals surface area contributed by atoms with E-state index in [0.29, 0.717) is 27.5 Å². The molecule has 0 aliphatic carbocycles. The summed E-state index contributed by atoms with van der Waals surface area (Å²) in [5.74, 6) is -1.08. The zero-order chi connectivity index (χ0) is 15.0. The van der Waals surface area contributed by atoms with Crippen LogP contribution in [0.15, 0.2) is 47.5 Å². The number of aliphatic hydroxyl groups is 1. The number of aliphatic imine (C=N–C) groups is 1. The van der Waals surface area contributed by atoms with Crippen molar-refractivity contribution in [3.05, 3.63) is 64.4 Å². The molecule has 0 aromatic heterocycles. The fourth-order valence-corrected chi connectivity index (χ4v) is 2.31. The zero-order valence-electron chi connectivity index (χ0n) is 10.7. The molecule has 2 N–H and O–H groups in total. The van der Waals surface area contributed by atoms with Crippen LogP contribution in [0.1, 0.15) is 11.1 Å². The number of carbonyl (C=O) groups excluding carboxylic acids is 1. The van der Waals surface area contributed by atoms with Gasteiger partial charge in [0.1, 0.15) is 5.82 Å². The summed E-state index contributed by atoms with van der Waals surface area (Å²) in [6.45, 7) is 0. The zero-order valence-corrected chi connectivity index (χ0v) is 11.4. The first kappa shape index (κ1) is 13.7. The monoisotopic (exact) mass is 304 g/mol. The molecule has 0 saturated carbocycles. The highest BCUT2D eigenvalue weighted by molar-refractivity contribution is 6.32. The van der Waals surface area contributed by atoms with Gasteiger partial charge in [0.15, 0.2) is 0 Å². The molecule has 0 saturated heterocycles. The van der Waals surface area contributed by atoms with Gasteiger partial charge in [0.2, 0.25) is 6.23 Å². The minimum Gasteiger partial charge on any atom is -0.364 e. The predicted octanol–water partition coefficient (Wildman–Crippen LogP) is 2.59. The number of amides is 1. The first-order valence-corrected chi connectivity index (χ1v) is 6.55. The number of fused-ring (bicyclic) bond motifs is 1. The van der Waals surface area contributed by atoms with Gasteiger partial charge in [-0.1, -0.05) is 23.7 Å². The van der Waals surface area contributed by atoms with Crippen LogP contribution in [-0.4, -0.2) is 23.0 Å². The SMILES string of the molecule is O=C1Nc2ccc(Cl)cc2C(c2cccc(F)c2)=NC1O. The number of nitrogens with one attached hydrogen (secondary N) is 1. The summed E-state index contributed by atoms with van der Waals surface area (Å²) in [5.41, 5.74) is 1.74. The standard InChI is InChI=1S/C15H10ClFN2O2/c16-9-4-5-12-11(7-9)13(19-15(21)14(20)18-12)8-2-1-3-10(17)6-8/h1-7,15,21H,(H,18,20). The largest absolute Gasteiger partial charge is 0.364 e. The highest BCUT2D eigenvalue weighted by Crippen LogP contribution is 2.27. The van der Waals surface area contributed by atoms with Crippen molar-refractivity contribution in [2.24, 2.45) is 4.99 Å². The number of hydrogen-bond donors (Lipinski definition) is 2. The molecule has 0 fully saturated rings. The number of anilines is 1. The van der Waals surface area contributed by atoms with Crippen LogP contribution in [0.25, 0.3) is 0 Å². The maximum atomic E-state index is 13.4. The molecule has 0 radical (unpaired) electrons. The molecule has 21 heavy (non-hydrogen) atoms. The van der Waals surface area contributed by atoms with Crippen molar-refractivity contribution in [2.45, 2.75) is 6.23 Å². The van der Waals surface area contributed by atoms with Gasteiger partial charge in [-0.2, -0.15) is 0 Å². The summed E-state index contributed by atoms with van der Waals surface area (Å²) in [5, 5.41) is 12.8. The van der Waals surface area contributed by atoms with E-state index >= 15 is 0 Å². The summed E-state index contributed by atoms with van der Waals surface area (Å²) in [7, 11) is 0. The highest BCUT2D eigenvalue weighted by atomic mass is 35.5. The van der Waals surface area contributed by atoms with Gasteiger partial charge in [0.25, 0.3) is 5.91 Å². The quantitative estimate of drug-likeness (QED) is 0.850. The third kappa shape index (κ3) is 2.66. The molecule has 1 heterocycles. The second-order valence-corrected chi connectivity index (χ2v) is 4.98. The molecule has 2 aromatic rings. The van der Waals surface area contributed by atoms with Crippen molar-refractivity contribution in [2.75, 3.05) is 5.32 Å². The van der Waals surface area contributed by atoms with Crippen LogP contribution in [-0.2, 0) is 4.79 Å². The Balaban J connectivity index is 2.24. The summed E-state index contributed by atoms with van der Waals surface area (Å²) in [6, 6.07) is 10.6. The van der Waals surface area contributed by atoms with E-state index in [1.54, 1.807) is 24.3 Å². The summed E-state index contributed by atoms with van der Waals surface area (Å²) < 4.78 is 13.4. The lowest BCUT2D eigenvalue weighted by atomic mass is 10.0. The number of benzene rings is 2. The van der Waals surface area contributed by atoms with Crippen LogP contribution in [0, 0.1) is 5.82 Å². The lowest BCUT2D eigenvalue weighted by Crippen LogP contribution is -2.24. The summed E-state index contributed by atoms with van der Waals surface area (Å²) >= 11 is 5.98. The number of nitrogens with zero attached hydrogens (tertiary/aromatic N) is 1. The van der Waals surface area contributed by atoms with E-state index in [-0.39, 0.29) is 0 Å². The molecule has 0 bridgehead atoms. The first-order chi connectivity index (χ1) is 10.0. The van der Waals surface area contributed by atoms with Gasteiger partial charge in [-0.3, -0.25) is 4.79 Å². The number of carbonyl (C=O) groups is 1. The van der Waals surface area contributed by atoms with Gasteiger partial charge in [0, 0.05) is 16.1 Å². The molecule has 1 aliphatic rings. The number of benzodiazepines with no additional fused rings is 1. The van der Waals surface area contributed by atoms with E-state index in [4.69, 9.17) is 11.6 Å². The van der Waals surface area contributed by atoms with Crippen molar-refractivity contribution in [1.82, 2.24) is 0 Å². The van der Waals surface area contributed by atoms with Crippen molar-refractivity contribution < 1.29 is 14.3 Å². The van der Waals surface area contributed by atoms with Crippen LogP contribution in [0.5, 0.6) is 0 Å². The Kier molecular flexibility index (Phi) is 3.45. The fourth-order valence-electron chi connectivity index (χ4n) is 2.13. The maximum Gasteiger partial charge on any atom is 0.276 e. The first-order valence-electron chi connectivity index (χ1n) is 6.17. The van der Waals surface area contributed by atoms with Gasteiger partial charge < -0.3 is 10.4 Å². The van der Waals surface area contributed by atoms with Crippen LogP contribution in [0.2, 0.25) is 5.02 Å². The van der Waals surface area contributed by atoms with Crippen molar-refractivity contribution in [3.8, 4) is 0 Å². The molecule has 1 amide bonds. The van der Waals surface area contributed by atoms with Crippen molar-refractivity contribution in [1.29, 1.82) is 0 Å². The van der Waals surface area contributed by atoms with Crippen LogP contribution < -0.4 is 5.32 Å².